The lowest BCUT2D eigenvalue weighted by molar-refractivity contribution is 0.415. The molecule has 0 fully saturated rings. The van der Waals surface area contributed by atoms with Gasteiger partial charge in [-0.05, 0) is 34.9 Å². The van der Waals surface area contributed by atoms with Crippen molar-refractivity contribution in [2.75, 3.05) is 20.2 Å². The van der Waals surface area contributed by atoms with Crippen LogP contribution in [0.25, 0.3) is 15.8 Å². The molecule has 0 spiro atoms. The summed E-state index contributed by atoms with van der Waals surface area (Å²) in [5.74, 6) is 1.42. The van der Waals surface area contributed by atoms with Crippen molar-refractivity contribution in [2.24, 2.45) is 10.9 Å². The number of rotatable bonds is 3. The smallest absolute Gasteiger partial charge is 0.168 e. The number of benzene rings is 1. The summed E-state index contributed by atoms with van der Waals surface area (Å²) in [7, 11) is 1.74. The highest BCUT2D eigenvalue weighted by Gasteiger charge is 2.35. The van der Waals surface area contributed by atoms with Crippen LogP contribution in [0.4, 0.5) is 0 Å². The molecule has 0 N–H and O–H groups in total. The molecule has 5 heteroatoms. The van der Waals surface area contributed by atoms with Crippen molar-refractivity contribution < 1.29 is 4.74 Å². The van der Waals surface area contributed by atoms with E-state index in [4.69, 9.17) is 4.74 Å². The van der Waals surface area contributed by atoms with Gasteiger partial charge in [-0.3, -0.25) is 4.99 Å². The molecule has 22 heavy (non-hydrogen) atoms. The van der Waals surface area contributed by atoms with Crippen LogP contribution in [0, 0.1) is 5.92 Å². The predicted octanol–water partition coefficient (Wildman–Crippen LogP) is 4.65. The largest absolute Gasteiger partial charge is 0.497 e. The molecule has 0 unspecified atom stereocenters. The molecule has 3 nitrogen and oxygen atoms in total. The molecule has 0 saturated carbocycles. The first-order valence-corrected chi connectivity index (χ1v) is 9.18. The zero-order valence-electron chi connectivity index (χ0n) is 12.9. The Morgan fingerprint density at radius 2 is 2.18 bits per heavy atom. The number of aliphatic imine (C=N–C) groups is 1. The van der Waals surface area contributed by atoms with Gasteiger partial charge in [-0.1, -0.05) is 25.6 Å². The van der Waals surface area contributed by atoms with Crippen molar-refractivity contribution >= 4 is 44.0 Å². The highest BCUT2D eigenvalue weighted by atomic mass is 32.2. The standard InChI is InChI=1S/C17H18N2OS2/c1-10(2)15-14(19-6-5-18-17(19)22-15)13-9-12(20-3)8-11-4-7-21-16(11)13/h4,7-10H,5-6H2,1-3H3. The van der Waals surface area contributed by atoms with E-state index >= 15 is 0 Å². The summed E-state index contributed by atoms with van der Waals surface area (Å²) in [5.41, 5.74) is 2.62. The second-order valence-corrected chi connectivity index (χ2v) is 7.72. The van der Waals surface area contributed by atoms with Gasteiger partial charge in [0.1, 0.15) is 5.75 Å². The Morgan fingerprint density at radius 3 is 2.95 bits per heavy atom. The molecular formula is C17H18N2OS2. The molecule has 1 aromatic carbocycles. The van der Waals surface area contributed by atoms with Crippen LogP contribution in [-0.4, -0.2) is 30.3 Å². The number of methoxy groups -OCH3 is 1. The van der Waals surface area contributed by atoms with E-state index in [0.29, 0.717) is 5.92 Å². The molecule has 0 saturated heterocycles. The first-order chi connectivity index (χ1) is 10.7. The Hall–Kier alpha value is -1.46. The van der Waals surface area contributed by atoms with Crippen LogP contribution >= 0.6 is 23.1 Å². The maximum Gasteiger partial charge on any atom is 0.168 e. The van der Waals surface area contributed by atoms with E-state index in [1.165, 1.54) is 26.3 Å². The number of fused-ring (bicyclic) bond motifs is 2. The Morgan fingerprint density at radius 1 is 1.32 bits per heavy atom. The molecule has 0 amide bonds. The van der Waals surface area contributed by atoms with Crippen LogP contribution in [0.2, 0.25) is 0 Å². The van der Waals surface area contributed by atoms with Gasteiger partial charge in [-0.25, -0.2) is 0 Å². The maximum atomic E-state index is 5.53. The maximum absolute atomic E-state index is 5.53. The minimum Gasteiger partial charge on any atom is -0.497 e. The van der Waals surface area contributed by atoms with Gasteiger partial charge in [-0.2, -0.15) is 0 Å². The van der Waals surface area contributed by atoms with Crippen molar-refractivity contribution in [3.8, 4) is 5.75 Å². The van der Waals surface area contributed by atoms with Crippen LogP contribution in [0.3, 0.4) is 0 Å². The molecule has 0 aliphatic carbocycles. The molecule has 4 rings (SSSR count). The summed E-state index contributed by atoms with van der Waals surface area (Å²) < 4.78 is 6.86. The third-order valence-electron chi connectivity index (χ3n) is 4.05. The highest BCUT2D eigenvalue weighted by Crippen LogP contribution is 2.47. The topological polar surface area (TPSA) is 24.8 Å². The van der Waals surface area contributed by atoms with Gasteiger partial charge in [-0.15, -0.1) is 11.3 Å². The lowest BCUT2D eigenvalue weighted by atomic mass is 10.0. The number of thioether (sulfide) groups is 1. The average Bonchev–Trinajstić information content (AvgIpc) is 3.20. The van der Waals surface area contributed by atoms with E-state index in [2.05, 4.69) is 47.3 Å². The van der Waals surface area contributed by atoms with Gasteiger partial charge in [0, 0.05) is 21.7 Å². The van der Waals surface area contributed by atoms with Gasteiger partial charge in [0.15, 0.2) is 5.17 Å². The molecular weight excluding hydrogens is 312 g/mol. The first-order valence-electron chi connectivity index (χ1n) is 7.48. The molecule has 2 aliphatic heterocycles. The van der Waals surface area contributed by atoms with Crippen molar-refractivity contribution in [3.05, 3.63) is 34.0 Å². The van der Waals surface area contributed by atoms with Crippen molar-refractivity contribution in [1.29, 1.82) is 0 Å². The number of hydrogen-bond acceptors (Lipinski definition) is 5. The predicted molar refractivity (Wildman–Crippen MR) is 96.7 cm³/mol. The zero-order chi connectivity index (χ0) is 15.3. The SMILES string of the molecule is COc1cc(C2=C(C(C)C)SC3=NCCN32)c2sccc2c1. The fraction of sp³-hybridized carbons (Fsp3) is 0.353. The number of allylic oxidation sites excluding steroid dienone is 1. The summed E-state index contributed by atoms with van der Waals surface area (Å²) in [6.07, 6.45) is 0. The molecule has 2 aliphatic rings. The highest BCUT2D eigenvalue weighted by molar-refractivity contribution is 8.17. The van der Waals surface area contributed by atoms with E-state index in [0.717, 1.165) is 24.0 Å². The number of hydrogen-bond donors (Lipinski definition) is 0. The van der Waals surface area contributed by atoms with Gasteiger partial charge in [0.05, 0.1) is 19.4 Å². The first kappa shape index (κ1) is 14.2. The lowest BCUT2D eigenvalue weighted by Gasteiger charge is -2.19. The lowest BCUT2D eigenvalue weighted by Crippen LogP contribution is -2.20. The molecule has 114 valence electrons. The Bertz CT molecular complexity index is 804. The van der Waals surface area contributed by atoms with E-state index in [1.807, 2.05) is 11.8 Å². The van der Waals surface area contributed by atoms with Gasteiger partial charge in [0.25, 0.3) is 0 Å². The van der Waals surface area contributed by atoms with E-state index in [1.54, 1.807) is 18.4 Å². The van der Waals surface area contributed by atoms with Crippen LogP contribution in [-0.2, 0) is 0 Å². The van der Waals surface area contributed by atoms with Crippen LogP contribution in [0.15, 0.2) is 33.5 Å². The molecule has 3 heterocycles. The number of thiophene rings is 1. The Balaban J connectivity index is 1.97. The fourth-order valence-electron chi connectivity index (χ4n) is 3.02. The summed E-state index contributed by atoms with van der Waals surface area (Å²) in [6.45, 7) is 6.40. The van der Waals surface area contributed by atoms with E-state index in [-0.39, 0.29) is 0 Å². The van der Waals surface area contributed by atoms with E-state index in [9.17, 15) is 0 Å². The monoisotopic (exact) mass is 330 g/mol. The number of amidine groups is 1. The molecule has 1 aromatic heterocycles. The van der Waals surface area contributed by atoms with Crippen LogP contribution < -0.4 is 4.74 Å². The summed E-state index contributed by atoms with van der Waals surface area (Å²) in [6, 6.07) is 6.47. The van der Waals surface area contributed by atoms with E-state index < -0.39 is 0 Å². The molecule has 0 radical (unpaired) electrons. The Kier molecular flexibility index (Phi) is 3.42. The number of ether oxygens (including phenoxy) is 1. The minimum atomic E-state index is 0.495. The third-order valence-corrected chi connectivity index (χ3v) is 6.43. The zero-order valence-corrected chi connectivity index (χ0v) is 14.6. The summed E-state index contributed by atoms with van der Waals surface area (Å²) in [4.78, 5) is 8.45. The average molecular weight is 330 g/mol. The normalized spacial score (nSPS) is 17.6. The Labute approximate surface area is 138 Å². The van der Waals surface area contributed by atoms with Gasteiger partial charge < -0.3 is 9.64 Å². The minimum absolute atomic E-state index is 0.495. The van der Waals surface area contributed by atoms with Gasteiger partial charge in [0.2, 0.25) is 0 Å². The summed E-state index contributed by atoms with van der Waals surface area (Å²) >= 11 is 3.64. The van der Waals surface area contributed by atoms with Crippen molar-refractivity contribution in [3.63, 3.8) is 0 Å². The van der Waals surface area contributed by atoms with Crippen molar-refractivity contribution in [1.82, 2.24) is 4.90 Å². The molecule has 0 bridgehead atoms. The molecule has 0 atom stereocenters. The van der Waals surface area contributed by atoms with Crippen LogP contribution in [0.1, 0.15) is 19.4 Å². The second-order valence-electron chi connectivity index (χ2n) is 5.80. The van der Waals surface area contributed by atoms with Crippen molar-refractivity contribution in [2.45, 2.75) is 13.8 Å². The van der Waals surface area contributed by atoms with Crippen LogP contribution in [0.5, 0.6) is 5.75 Å². The summed E-state index contributed by atoms with van der Waals surface area (Å²) in [5, 5.41) is 4.57. The third kappa shape index (κ3) is 2.07. The quantitative estimate of drug-likeness (QED) is 0.819. The van der Waals surface area contributed by atoms with Gasteiger partial charge >= 0.3 is 0 Å². The fourth-order valence-corrected chi connectivity index (χ4v) is 5.11. The molecule has 2 aromatic rings. The number of nitrogens with zero attached hydrogens (tertiary/aromatic N) is 2. The second kappa shape index (κ2) is 5.32.